The van der Waals surface area contributed by atoms with Crippen LogP contribution in [0.1, 0.15) is 111 Å². The van der Waals surface area contributed by atoms with Crippen LogP contribution >= 0.6 is 0 Å². The van der Waals surface area contributed by atoms with Crippen molar-refractivity contribution in [1.82, 2.24) is 30.2 Å². The quantitative estimate of drug-likeness (QED) is 0.208. The number of aromatic nitrogens is 2. The molecule has 0 spiro atoms. The molecule has 1 aromatic heterocycles. The number of amides is 4. The van der Waals surface area contributed by atoms with Gasteiger partial charge in [0.2, 0.25) is 17.7 Å². The van der Waals surface area contributed by atoms with Crippen LogP contribution in [-0.4, -0.2) is 75.4 Å². The van der Waals surface area contributed by atoms with E-state index in [2.05, 4.69) is 27.7 Å². The maximum Gasteiger partial charge on any atom is 0.266 e. The smallest absolute Gasteiger partial charge is 0.266 e. The van der Waals surface area contributed by atoms with Crippen LogP contribution in [0.4, 0.5) is 0 Å². The highest BCUT2D eigenvalue weighted by atomic mass is 16.2. The zero-order valence-corrected chi connectivity index (χ0v) is 30.5. The molecule has 2 aromatic carbocycles. The van der Waals surface area contributed by atoms with Gasteiger partial charge in [-0.1, -0.05) is 87.2 Å². The van der Waals surface area contributed by atoms with Gasteiger partial charge in [0.05, 0.1) is 11.6 Å². The van der Waals surface area contributed by atoms with Crippen molar-refractivity contribution in [2.45, 2.75) is 103 Å². The van der Waals surface area contributed by atoms with Gasteiger partial charge in [-0.2, -0.15) is 5.10 Å². The Kier molecular flexibility index (Phi) is 13.4. The van der Waals surface area contributed by atoms with Gasteiger partial charge in [-0.25, -0.2) is 0 Å². The minimum absolute atomic E-state index is 0.0588. The lowest BCUT2D eigenvalue weighted by Gasteiger charge is -2.36. The summed E-state index contributed by atoms with van der Waals surface area (Å²) in [5.41, 5.74) is 9.71. The molecule has 4 N–H and O–H groups in total. The average molecular weight is 698 g/mol. The van der Waals surface area contributed by atoms with E-state index >= 15 is 0 Å². The highest BCUT2D eigenvalue weighted by Crippen LogP contribution is 2.36. The van der Waals surface area contributed by atoms with Gasteiger partial charge in [-0.05, 0) is 55.4 Å². The van der Waals surface area contributed by atoms with E-state index < -0.39 is 17.9 Å². The molecule has 1 aliphatic carbocycles. The van der Waals surface area contributed by atoms with E-state index in [0.29, 0.717) is 43.9 Å². The fourth-order valence-electron chi connectivity index (χ4n) is 7.39. The summed E-state index contributed by atoms with van der Waals surface area (Å²) < 4.78 is 1.63. The molecule has 1 saturated carbocycles. The van der Waals surface area contributed by atoms with Crippen molar-refractivity contribution in [2.24, 2.45) is 11.7 Å². The summed E-state index contributed by atoms with van der Waals surface area (Å²) in [4.78, 5) is 56.6. The summed E-state index contributed by atoms with van der Waals surface area (Å²) in [5.74, 6) is -1.22. The molecule has 3 aromatic rings. The van der Waals surface area contributed by atoms with Crippen molar-refractivity contribution >= 4 is 23.6 Å². The summed E-state index contributed by atoms with van der Waals surface area (Å²) in [6.45, 7) is 9.65. The predicted octanol–water partition coefficient (Wildman–Crippen LogP) is 4.72. The molecule has 4 amide bonds. The van der Waals surface area contributed by atoms with Gasteiger partial charge in [0.1, 0.15) is 11.7 Å². The molecule has 51 heavy (non-hydrogen) atoms. The number of hydrogen-bond donors (Lipinski definition) is 3. The highest BCUT2D eigenvalue weighted by molar-refractivity contribution is 5.92. The number of benzene rings is 2. The van der Waals surface area contributed by atoms with Crippen molar-refractivity contribution in [1.29, 1.82) is 0 Å². The standard InChI is InChI=1S/C40H55N7O4/c1-4-36(48)43-34(40(51)46-22-20-45(21-23-46)27-31-12-8-7-9-13-31)24-29-16-18-30(19-17-29)26-42-39(50)37(32-14-10-5-6-11-15-32)33-25-35(38(41)49)47(44-33)28(2)3/h7-9,12-13,16-19,25,28,32,34,37H,4-6,10-11,14-15,20-24,26-27H2,1-3H3,(H2,41,49)(H,42,50)(H,43,48)/t34-,37+/m1/s1. The van der Waals surface area contributed by atoms with Crippen molar-refractivity contribution in [3.63, 3.8) is 0 Å². The molecule has 1 aliphatic heterocycles. The van der Waals surface area contributed by atoms with E-state index in [0.717, 1.165) is 69.3 Å². The van der Waals surface area contributed by atoms with Gasteiger partial charge in [0, 0.05) is 58.2 Å². The second-order valence-electron chi connectivity index (χ2n) is 14.4. The molecule has 0 radical (unpaired) electrons. The van der Waals surface area contributed by atoms with Crippen LogP contribution < -0.4 is 16.4 Å². The first kappa shape index (κ1) is 37.7. The molecular formula is C40H55N7O4. The topological polar surface area (TPSA) is 143 Å². The van der Waals surface area contributed by atoms with Gasteiger partial charge in [0.25, 0.3) is 5.91 Å². The Balaban J connectivity index is 1.22. The second kappa shape index (κ2) is 18.1. The Morgan fingerprint density at radius 2 is 1.51 bits per heavy atom. The lowest BCUT2D eigenvalue weighted by atomic mass is 9.83. The van der Waals surface area contributed by atoms with Gasteiger partial charge < -0.3 is 21.3 Å². The summed E-state index contributed by atoms with van der Waals surface area (Å²) in [6, 6.07) is 19.2. The highest BCUT2D eigenvalue weighted by Gasteiger charge is 2.34. The average Bonchev–Trinajstić information content (AvgIpc) is 3.41. The monoisotopic (exact) mass is 697 g/mol. The van der Waals surface area contributed by atoms with Gasteiger partial charge >= 0.3 is 0 Å². The van der Waals surface area contributed by atoms with Crippen LogP contribution in [0.25, 0.3) is 0 Å². The first-order chi connectivity index (χ1) is 24.6. The van der Waals surface area contributed by atoms with E-state index in [9.17, 15) is 19.2 Å². The molecular weight excluding hydrogens is 642 g/mol. The Hall–Kier alpha value is -4.51. The Bertz CT molecular complexity index is 1610. The summed E-state index contributed by atoms with van der Waals surface area (Å²) in [5, 5.41) is 10.9. The fraction of sp³-hybridized carbons (Fsp3) is 0.525. The maximum atomic E-state index is 13.9. The number of nitrogens with zero attached hydrogens (tertiary/aromatic N) is 4. The second-order valence-corrected chi connectivity index (χ2v) is 14.4. The lowest BCUT2D eigenvalue weighted by molar-refractivity contribution is -0.138. The third-order valence-electron chi connectivity index (χ3n) is 10.3. The third kappa shape index (κ3) is 10.3. The molecule has 2 fully saturated rings. The molecule has 1 saturated heterocycles. The minimum Gasteiger partial charge on any atom is -0.364 e. The number of carbonyl (C=O) groups is 4. The number of primary amides is 1. The van der Waals surface area contributed by atoms with E-state index in [1.807, 2.05) is 61.2 Å². The van der Waals surface area contributed by atoms with Crippen LogP contribution in [0.5, 0.6) is 0 Å². The molecule has 11 heteroatoms. The van der Waals surface area contributed by atoms with E-state index in [-0.39, 0.29) is 29.7 Å². The Morgan fingerprint density at radius 3 is 2.10 bits per heavy atom. The Morgan fingerprint density at radius 1 is 0.863 bits per heavy atom. The summed E-state index contributed by atoms with van der Waals surface area (Å²) in [7, 11) is 0. The zero-order chi connectivity index (χ0) is 36.3. The first-order valence-electron chi connectivity index (χ1n) is 18.7. The number of carbonyl (C=O) groups excluding carboxylic acids is 4. The van der Waals surface area contributed by atoms with Gasteiger partial charge in [-0.3, -0.25) is 28.8 Å². The normalized spacial score (nSPS) is 17.1. The number of hydrogen-bond acceptors (Lipinski definition) is 6. The molecule has 274 valence electrons. The van der Waals surface area contributed by atoms with Crippen LogP contribution in [-0.2, 0) is 33.9 Å². The van der Waals surface area contributed by atoms with Crippen molar-refractivity contribution < 1.29 is 19.2 Å². The number of nitrogens with one attached hydrogen (secondary N) is 2. The number of nitrogens with two attached hydrogens (primary N) is 1. The largest absolute Gasteiger partial charge is 0.364 e. The summed E-state index contributed by atoms with van der Waals surface area (Å²) in [6.07, 6.45) is 7.00. The molecule has 11 nitrogen and oxygen atoms in total. The summed E-state index contributed by atoms with van der Waals surface area (Å²) >= 11 is 0. The fourth-order valence-corrected chi connectivity index (χ4v) is 7.39. The van der Waals surface area contributed by atoms with Crippen molar-refractivity contribution in [2.75, 3.05) is 26.2 Å². The molecule has 0 unspecified atom stereocenters. The van der Waals surface area contributed by atoms with E-state index in [1.165, 1.54) is 5.56 Å². The first-order valence-corrected chi connectivity index (χ1v) is 18.7. The van der Waals surface area contributed by atoms with Crippen LogP contribution in [0, 0.1) is 5.92 Å². The zero-order valence-electron chi connectivity index (χ0n) is 30.5. The minimum atomic E-state index is -0.653. The van der Waals surface area contributed by atoms with E-state index in [1.54, 1.807) is 17.7 Å². The van der Waals surface area contributed by atoms with Crippen LogP contribution in [0.15, 0.2) is 60.7 Å². The molecule has 5 rings (SSSR count). The van der Waals surface area contributed by atoms with Crippen molar-refractivity contribution in [3.8, 4) is 0 Å². The third-order valence-corrected chi connectivity index (χ3v) is 10.3. The molecule has 2 atom stereocenters. The molecule has 2 heterocycles. The maximum absolute atomic E-state index is 13.9. The Labute approximate surface area is 302 Å². The predicted molar refractivity (Wildman–Crippen MR) is 198 cm³/mol. The van der Waals surface area contributed by atoms with Crippen LogP contribution in [0.3, 0.4) is 0 Å². The molecule has 0 bridgehead atoms. The van der Waals surface area contributed by atoms with E-state index in [4.69, 9.17) is 10.8 Å². The lowest BCUT2D eigenvalue weighted by Crippen LogP contribution is -2.55. The van der Waals surface area contributed by atoms with Crippen molar-refractivity contribution in [3.05, 3.63) is 88.7 Å². The van der Waals surface area contributed by atoms with Crippen LogP contribution in [0.2, 0.25) is 0 Å². The van der Waals surface area contributed by atoms with Gasteiger partial charge in [0.15, 0.2) is 0 Å². The number of piperazine rings is 1. The SMILES string of the molecule is CCC(=O)N[C@H](Cc1ccc(CNC(=O)[C@H](c2cc(C(N)=O)n(C(C)C)n2)C2CCCCCC2)cc1)C(=O)N1CCN(Cc2ccccc2)CC1. The molecule has 2 aliphatic rings. The number of rotatable bonds is 14. The van der Waals surface area contributed by atoms with Gasteiger partial charge in [-0.15, -0.1) is 0 Å².